The van der Waals surface area contributed by atoms with Crippen LogP contribution in [-0.4, -0.2) is 97.7 Å². The van der Waals surface area contributed by atoms with Crippen molar-refractivity contribution < 1.29 is 28.7 Å². The van der Waals surface area contributed by atoms with E-state index in [9.17, 15) is 24.0 Å². The van der Waals surface area contributed by atoms with Gasteiger partial charge in [-0.25, -0.2) is 4.98 Å². The molecule has 0 aliphatic carbocycles. The van der Waals surface area contributed by atoms with Crippen LogP contribution in [0.1, 0.15) is 87.7 Å². The van der Waals surface area contributed by atoms with E-state index in [2.05, 4.69) is 38.1 Å². The number of fused-ring (bicyclic) bond motifs is 3. The van der Waals surface area contributed by atoms with Gasteiger partial charge in [-0.2, -0.15) is 0 Å². The largest absolute Gasteiger partial charge is 0.384 e. The number of benzene rings is 2. The summed E-state index contributed by atoms with van der Waals surface area (Å²) in [4.78, 5) is 82.2. The number of carbonyl (C=O) groups is 5. The van der Waals surface area contributed by atoms with Gasteiger partial charge in [-0.05, 0) is 67.8 Å². The van der Waals surface area contributed by atoms with Crippen LogP contribution < -0.4 is 16.0 Å². The highest BCUT2D eigenvalue weighted by atomic mass is 16.5. The Kier molecular flexibility index (Phi) is 10.4. The van der Waals surface area contributed by atoms with Crippen molar-refractivity contribution in [2.24, 2.45) is 0 Å². The minimum atomic E-state index is -0.885. The van der Waals surface area contributed by atoms with Crippen molar-refractivity contribution in [1.29, 1.82) is 0 Å². The van der Waals surface area contributed by atoms with Gasteiger partial charge in [0.2, 0.25) is 11.8 Å². The van der Waals surface area contributed by atoms with Crippen molar-refractivity contribution in [2.75, 3.05) is 38.2 Å². The molecular weight excluding hydrogens is 763 g/mol. The number of ether oxygens (including phenoxy) is 1. The normalized spacial score (nSPS) is 18.1. The van der Waals surface area contributed by atoms with Crippen molar-refractivity contribution in [3.63, 3.8) is 0 Å². The molecule has 60 heavy (non-hydrogen) atoms. The molecule has 15 heteroatoms. The third kappa shape index (κ3) is 7.18. The number of aromatic nitrogens is 4. The third-order valence-corrected chi connectivity index (χ3v) is 11.9. The lowest BCUT2D eigenvalue weighted by Crippen LogP contribution is -2.51. The number of hydrogen-bond acceptors (Lipinski definition) is 10. The maximum absolute atomic E-state index is 13.4. The number of nitrogens with zero attached hydrogens (tertiary/aromatic N) is 6. The number of pyridine rings is 2. The van der Waals surface area contributed by atoms with Crippen LogP contribution in [0.3, 0.4) is 0 Å². The van der Waals surface area contributed by atoms with E-state index in [1.54, 1.807) is 37.4 Å². The monoisotopic (exact) mass is 807 g/mol. The van der Waals surface area contributed by atoms with Gasteiger partial charge in [0.1, 0.15) is 17.6 Å². The lowest BCUT2D eigenvalue weighted by atomic mass is 9.99. The first-order valence-corrected chi connectivity index (χ1v) is 20.5. The smallest absolute Gasteiger partial charge is 0.269 e. The molecule has 0 radical (unpaired) electrons. The van der Waals surface area contributed by atoms with Gasteiger partial charge in [0.25, 0.3) is 17.7 Å². The molecule has 3 N–H and O–H groups in total. The molecule has 4 aliphatic rings. The van der Waals surface area contributed by atoms with E-state index in [-0.39, 0.29) is 28.6 Å². The number of imidazole rings is 1. The van der Waals surface area contributed by atoms with Gasteiger partial charge in [-0.3, -0.25) is 38.8 Å². The quantitative estimate of drug-likeness (QED) is 0.128. The summed E-state index contributed by atoms with van der Waals surface area (Å²) in [5.41, 5.74) is 6.20. The molecule has 3 aromatic heterocycles. The molecule has 0 bridgehead atoms. The molecule has 1 atom stereocenters. The Morgan fingerprint density at radius 1 is 0.933 bits per heavy atom. The van der Waals surface area contributed by atoms with E-state index in [1.165, 1.54) is 0 Å². The highest BCUT2D eigenvalue weighted by molar-refractivity contribution is 6.25. The fourth-order valence-corrected chi connectivity index (χ4v) is 8.71. The van der Waals surface area contributed by atoms with E-state index in [4.69, 9.17) is 14.7 Å². The van der Waals surface area contributed by atoms with Gasteiger partial charge in [-0.1, -0.05) is 30.8 Å². The Labute approximate surface area is 346 Å². The van der Waals surface area contributed by atoms with Gasteiger partial charge in [0.05, 0.1) is 34.8 Å². The molecule has 2 aromatic carbocycles. The lowest BCUT2D eigenvalue weighted by Gasteiger charge is -2.30. The summed E-state index contributed by atoms with van der Waals surface area (Å²) >= 11 is 0. The first-order valence-electron chi connectivity index (χ1n) is 20.5. The zero-order valence-electron chi connectivity index (χ0n) is 33.3. The summed E-state index contributed by atoms with van der Waals surface area (Å²) in [5.74, 6) is -0.309. The van der Waals surface area contributed by atoms with Crippen LogP contribution in [0.4, 0.5) is 5.69 Å². The number of carbonyl (C=O) groups excluding carboxylic acids is 5. The van der Waals surface area contributed by atoms with Crippen LogP contribution in [0.25, 0.3) is 33.3 Å². The van der Waals surface area contributed by atoms with Gasteiger partial charge < -0.3 is 30.2 Å². The number of imide groups is 1. The summed E-state index contributed by atoms with van der Waals surface area (Å²) in [6.45, 7) is 9.47. The number of allylic oxidation sites excluding steroid dienone is 1. The van der Waals surface area contributed by atoms with Crippen molar-refractivity contribution >= 4 is 46.0 Å². The second-order valence-electron chi connectivity index (χ2n) is 15.7. The maximum atomic E-state index is 13.4. The molecule has 5 amide bonds. The zero-order valence-corrected chi connectivity index (χ0v) is 33.3. The molecule has 0 saturated carbocycles. The van der Waals surface area contributed by atoms with Crippen LogP contribution in [0.2, 0.25) is 0 Å². The fraction of sp³-hybridized carbons (Fsp3) is 0.333. The summed E-state index contributed by atoms with van der Waals surface area (Å²) < 4.78 is 7.97. The first kappa shape index (κ1) is 38.8. The summed E-state index contributed by atoms with van der Waals surface area (Å²) in [7, 11) is 0. The standard InChI is InChI=1S/C45H45N9O6/c1-26-10-13-37(43(57)50-26)54-44(58)32-8-4-9-34(39(32)45(54)59)46-16-5-17-47-42(56)35-12-11-30(23-48-35)36-22-29-6-3-7-31(33(29)24-49-36)40-38-25-52(27(2)55)18-19-53(38)41(51-40)28-14-20-60-21-15-28/h3-4,6-9,11-12,22-24,28,37,46H,1,5,10,13-21,25H2,2H3,(H,47,56)(H,50,57). The molecule has 306 valence electrons. The average molecular weight is 808 g/mol. The summed E-state index contributed by atoms with van der Waals surface area (Å²) in [5, 5.41) is 10.7. The molecule has 0 spiro atoms. The summed E-state index contributed by atoms with van der Waals surface area (Å²) in [6.07, 6.45) is 6.69. The van der Waals surface area contributed by atoms with Gasteiger partial charge in [-0.15, -0.1) is 0 Å². The highest BCUT2D eigenvalue weighted by Gasteiger charge is 2.45. The molecule has 9 rings (SSSR count). The first-order chi connectivity index (χ1) is 29.2. The molecular formula is C45H45N9O6. The average Bonchev–Trinajstić information content (AvgIpc) is 3.77. The maximum Gasteiger partial charge on any atom is 0.269 e. The molecule has 4 aliphatic heterocycles. The number of rotatable bonds is 10. The second-order valence-corrected chi connectivity index (χ2v) is 15.7. The van der Waals surface area contributed by atoms with Crippen molar-refractivity contribution in [3.8, 4) is 22.5 Å². The third-order valence-electron chi connectivity index (χ3n) is 11.9. The Balaban J connectivity index is 0.838. The molecule has 15 nitrogen and oxygen atoms in total. The lowest BCUT2D eigenvalue weighted by molar-refractivity contribution is -0.130. The van der Waals surface area contributed by atoms with Gasteiger partial charge in [0.15, 0.2) is 0 Å². The van der Waals surface area contributed by atoms with Crippen LogP contribution in [-0.2, 0) is 27.4 Å². The van der Waals surface area contributed by atoms with Crippen LogP contribution in [0.15, 0.2) is 79.3 Å². The number of anilines is 1. The predicted molar refractivity (Wildman–Crippen MR) is 223 cm³/mol. The van der Waals surface area contributed by atoms with E-state index < -0.39 is 23.8 Å². The molecule has 2 fully saturated rings. The summed E-state index contributed by atoms with van der Waals surface area (Å²) in [6, 6.07) is 15.8. The van der Waals surface area contributed by atoms with Gasteiger partial charge in [0, 0.05) is 92.5 Å². The van der Waals surface area contributed by atoms with Gasteiger partial charge >= 0.3 is 0 Å². The predicted octanol–water partition coefficient (Wildman–Crippen LogP) is 5.04. The van der Waals surface area contributed by atoms with Crippen molar-refractivity contribution in [1.82, 2.24) is 40.0 Å². The number of amides is 5. The Hall–Kier alpha value is -6.74. The minimum Gasteiger partial charge on any atom is -0.384 e. The van der Waals surface area contributed by atoms with Crippen LogP contribution >= 0.6 is 0 Å². The molecule has 7 heterocycles. The van der Waals surface area contributed by atoms with E-state index >= 15 is 0 Å². The molecule has 1 unspecified atom stereocenters. The second kappa shape index (κ2) is 16.1. The fourth-order valence-electron chi connectivity index (χ4n) is 8.71. The van der Waals surface area contributed by atoms with E-state index in [0.29, 0.717) is 75.0 Å². The van der Waals surface area contributed by atoms with E-state index in [0.717, 1.165) is 70.1 Å². The minimum absolute atomic E-state index is 0.0512. The Morgan fingerprint density at radius 3 is 2.53 bits per heavy atom. The van der Waals surface area contributed by atoms with Crippen LogP contribution in [0.5, 0.6) is 0 Å². The van der Waals surface area contributed by atoms with Crippen molar-refractivity contribution in [3.05, 3.63) is 108 Å². The SMILES string of the molecule is C=C1CCC(N2C(=O)c3cccc(NCCCNC(=O)c4ccc(-c5cc6cccc(-c7nc(C8CCOCC8)n8c7CN(C(C)=O)CC8)c6cn5)cn4)c3C2=O)C(=O)N1. The van der Waals surface area contributed by atoms with Crippen molar-refractivity contribution in [2.45, 2.75) is 64.1 Å². The number of piperidine rings is 1. The van der Waals surface area contributed by atoms with Crippen LogP contribution in [0, 0.1) is 0 Å². The van der Waals surface area contributed by atoms with E-state index in [1.807, 2.05) is 35.4 Å². The topological polar surface area (TPSA) is 181 Å². The number of hydrogen-bond donors (Lipinski definition) is 3. The highest BCUT2D eigenvalue weighted by Crippen LogP contribution is 2.38. The molecule has 5 aromatic rings. The number of nitrogens with one attached hydrogen (secondary N) is 3. The Morgan fingerprint density at radius 2 is 1.75 bits per heavy atom. The molecule has 2 saturated heterocycles. The zero-order chi connectivity index (χ0) is 41.5. The Bertz CT molecular complexity index is 2580.